The third-order valence-electron chi connectivity index (χ3n) is 3.88. The molecule has 0 radical (unpaired) electrons. The van der Waals surface area contributed by atoms with Crippen LogP contribution >= 0.6 is 15.9 Å². The molecule has 0 aromatic heterocycles. The molecule has 0 aliphatic heterocycles. The van der Waals surface area contributed by atoms with Crippen LogP contribution in [0.1, 0.15) is 43.6 Å². The normalized spacial score (nSPS) is 12.3. The molecule has 138 valence electrons. The fourth-order valence-corrected chi connectivity index (χ4v) is 2.59. The first kappa shape index (κ1) is 20.2. The second-order valence-electron chi connectivity index (χ2n) is 7.07. The van der Waals surface area contributed by atoms with E-state index in [2.05, 4.69) is 36.7 Å². The van der Waals surface area contributed by atoms with Gasteiger partial charge >= 0.3 is 5.97 Å². The maximum atomic E-state index is 12.3. The van der Waals surface area contributed by atoms with E-state index in [4.69, 9.17) is 9.47 Å². The molecule has 0 unspecified atom stereocenters. The number of ketones is 1. The van der Waals surface area contributed by atoms with Crippen molar-refractivity contribution in [2.45, 2.75) is 39.2 Å². The first-order valence-electron chi connectivity index (χ1n) is 8.39. The van der Waals surface area contributed by atoms with E-state index in [1.54, 1.807) is 31.2 Å². The molecule has 0 spiro atoms. The minimum absolute atomic E-state index is 0.0558. The summed E-state index contributed by atoms with van der Waals surface area (Å²) in [6, 6.07) is 14.5. The molecule has 4 nitrogen and oxygen atoms in total. The summed E-state index contributed by atoms with van der Waals surface area (Å²) in [5.41, 5.74) is 1.73. The van der Waals surface area contributed by atoms with Crippen molar-refractivity contribution in [1.82, 2.24) is 0 Å². The minimum Gasteiger partial charge on any atom is -0.482 e. The number of Topliss-reactive ketones (excluding diaryl/α,β-unsaturated/α-hetero) is 1. The van der Waals surface area contributed by atoms with Crippen LogP contribution in [0.4, 0.5) is 0 Å². The number of carbonyl (C=O) groups is 2. The van der Waals surface area contributed by atoms with Crippen molar-refractivity contribution in [3.63, 3.8) is 0 Å². The molecule has 5 heteroatoms. The van der Waals surface area contributed by atoms with E-state index >= 15 is 0 Å². The molecule has 1 atom stereocenters. The molecule has 0 N–H and O–H groups in total. The zero-order valence-electron chi connectivity index (χ0n) is 15.4. The van der Waals surface area contributed by atoms with Gasteiger partial charge in [-0.05, 0) is 42.2 Å². The molecule has 2 aromatic carbocycles. The topological polar surface area (TPSA) is 52.6 Å². The van der Waals surface area contributed by atoms with Gasteiger partial charge in [0.2, 0.25) is 5.78 Å². The van der Waals surface area contributed by atoms with Crippen molar-refractivity contribution in [2.24, 2.45) is 0 Å². The molecule has 2 rings (SSSR count). The smallest absolute Gasteiger partial charge is 0.344 e. The Morgan fingerprint density at radius 1 is 1.00 bits per heavy atom. The zero-order chi connectivity index (χ0) is 19.3. The van der Waals surface area contributed by atoms with E-state index in [9.17, 15) is 9.59 Å². The molecule has 0 aliphatic rings. The average molecular weight is 419 g/mol. The Hall–Kier alpha value is -2.14. The molecular formula is C21H23BrO4. The summed E-state index contributed by atoms with van der Waals surface area (Å²) in [6.07, 6.45) is -0.865. The Kier molecular flexibility index (Phi) is 6.59. The van der Waals surface area contributed by atoms with Gasteiger partial charge in [0, 0.05) is 10.0 Å². The van der Waals surface area contributed by atoms with Gasteiger partial charge in [0.25, 0.3) is 0 Å². The lowest BCUT2D eigenvalue weighted by atomic mass is 9.87. The number of hydrogen-bond acceptors (Lipinski definition) is 4. The summed E-state index contributed by atoms with van der Waals surface area (Å²) >= 11 is 3.32. The summed E-state index contributed by atoms with van der Waals surface area (Å²) in [5.74, 6) is -0.245. The van der Waals surface area contributed by atoms with Crippen LogP contribution in [0.3, 0.4) is 0 Å². The Morgan fingerprint density at radius 3 is 2.12 bits per heavy atom. The van der Waals surface area contributed by atoms with E-state index in [1.165, 1.54) is 5.56 Å². The molecule has 0 heterocycles. The number of rotatable bonds is 6. The Balaban J connectivity index is 1.86. The number of halogens is 1. The van der Waals surface area contributed by atoms with Gasteiger partial charge in [-0.1, -0.05) is 61.0 Å². The van der Waals surface area contributed by atoms with E-state index < -0.39 is 12.1 Å². The lowest BCUT2D eigenvalue weighted by Gasteiger charge is -2.19. The minimum atomic E-state index is -0.865. The van der Waals surface area contributed by atoms with Gasteiger partial charge in [-0.15, -0.1) is 0 Å². The molecule has 0 saturated carbocycles. The Morgan fingerprint density at radius 2 is 1.58 bits per heavy atom. The van der Waals surface area contributed by atoms with Crippen molar-refractivity contribution in [2.75, 3.05) is 6.61 Å². The maximum Gasteiger partial charge on any atom is 0.344 e. The lowest BCUT2D eigenvalue weighted by Crippen LogP contribution is -2.27. The van der Waals surface area contributed by atoms with Crippen LogP contribution in [0.5, 0.6) is 5.75 Å². The number of carbonyl (C=O) groups excluding carboxylic acids is 2. The second kappa shape index (κ2) is 8.49. The van der Waals surface area contributed by atoms with Crippen molar-refractivity contribution in [3.8, 4) is 5.75 Å². The van der Waals surface area contributed by atoms with Crippen molar-refractivity contribution in [1.29, 1.82) is 0 Å². The molecule has 0 aliphatic carbocycles. The number of benzene rings is 2. The summed E-state index contributed by atoms with van der Waals surface area (Å²) in [6.45, 7) is 7.70. The van der Waals surface area contributed by atoms with E-state index in [1.807, 2.05) is 24.3 Å². The monoisotopic (exact) mass is 418 g/mol. The molecule has 0 fully saturated rings. The summed E-state index contributed by atoms with van der Waals surface area (Å²) < 4.78 is 11.5. The zero-order valence-corrected chi connectivity index (χ0v) is 17.0. The van der Waals surface area contributed by atoms with Gasteiger partial charge in [-0.3, -0.25) is 4.79 Å². The highest BCUT2D eigenvalue weighted by Gasteiger charge is 2.20. The van der Waals surface area contributed by atoms with E-state index in [0.717, 1.165) is 4.47 Å². The van der Waals surface area contributed by atoms with Crippen molar-refractivity contribution >= 4 is 27.7 Å². The third-order valence-corrected chi connectivity index (χ3v) is 4.41. The Labute approximate surface area is 162 Å². The van der Waals surface area contributed by atoms with Gasteiger partial charge in [0.15, 0.2) is 12.7 Å². The second-order valence-corrected chi connectivity index (χ2v) is 7.98. The molecule has 0 saturated heterocycles. The number of ether oxygens (including phenoxy) is 2. The van der Waals surface area contributed by atoms with Crippen molar-refractivity contribution < 1.29 is 19.1 Å². The molecule has 2 aromatic rings. The van der Waals surface area contributed by atoms with E-state index in [0.29, 0.717) is 11.3 Å². The highest BCUT2D eigenvalue weighted by Crippen LogP contribution is 2.24. The summed E-state index contributed by atoms with van der Waals surface area (Å²) in [7, 11) is 0. The van der Waals surface area contributed by atoms with Gasteiger partial charge < -0.3 is 9.47 Å². The van der Waals surface area contributed by atoms with Crippen LogP contribution in [-0.4, -0.2) is 24.5 Å². The van der Waals surface area contributed by atoms with Crippen LogP contribution in [0.2, 0.25) is 0 Å². The predicted octanol–water partition coefficient (Wildman–Crippen LogP) is 4.94. The largest absolute Gasteiger partial charge is 0.482 e. The van der Waals surface area contributed by atoms with Gasteiger partial charge in [-0.2, -0.15) is 0 Å². The van der Waals surface area contributed by atoms with Crippen LogP contribution in [0.15, 0.2) is 53.0 Å². The first-order valence-corrected chi connectivity index (χ1v) is 9.19. The van der Waals surface area contributed by atoms with Gasteiger partial charge in [0.05, 0.1) is 0 Å². The fourth-order valence-electron chi connectivity index (χ4n) is 2.33. The third kappa shape index (κ3) is 5.70. The molecular weight excluding hydrogens is 396 g/mol. The van der Waals surface area contributed by atoms with Crippen LogP contribution < -0.4 is 4.74 Å². The molecule has 0 bridgehead atoms. The fraction of sp³-hybridized carbons (Fsp3) is 0.333. The highest BCUT2D eigenvalue weighted by molar-refractivity contribution is 9.10. The van der Waals surface area contributed by atoms with Crippen LogP contribution in [0.25, 0.3) is 0 Å². The summed E-state index contributed by atoms with van der Waals surface area (Å²) in [5, 5.41) is 0. The van der Waals surface area contributed by atoms with Crippen LogP contribution in [-0.2, 0) is 14.9 Å². The SMILES string of the molecule is C[C@@H](OC(=O)COc1ccc(C(C)(C)C)cc1)C(=O)c1ccc(Br)cc1. The van der Waals surface area contributed by atoms with Gasteiger partial charge in [0.1, 0.15) is 5.75 Å². The lowest BCUT2D eigenvalue weighted by molar-refractivity contribution is -0.148. The van der Waals surface area contributed by atoms with Crippen LogP contribution in [0, 0.1) is 0 Å². The maximum absolute atomic E-state index is 12.3. The average Bonchev–Trinajstić information content (AvgIpc) is 2.59. The predicted molar refractivity (Wildman–Crippen MR) is 105 cm³/mol. The highest BCUT2D eigenvalue weighted by atomic mass is 79.9. The standard InChI is InChI=1S/C21H23BrO4/c1-14(20(24)15-5-9-17(22)10-6-15)26-19(23)13-25-18-11-7-16(8-12-18)21(2,3)4/h5-12,14H,13H2,1-4H3/t14-/m1/s1. The van der Waals surface area contributed by atoms with Gasteiger partial charge in [-0.25, -0.2) is 4.79 Å². The van der Waals surface area contributed by atoms with E-state index in [-0.39, 0.29) is 17.8 Å². The Bertz CT molecular complexity index is 758. The molecule has 0 amide bonds. The number of hydrogen-bond donors (Lipinski definition) is 0. The first-order chi connectivity index (χ1) is 12.2. The summed E-state index contributed by atoms with van der Waals surface area (Å²) in [4.78, 5) is 24.2. The number of esters is 1. The molecule has 26 heavy (non-hydrogen) atoms. The van der Waals surface area contributed by atoms with Crippen molar-refractivity contribution in [3.05, 3.63) is 64.1 Å². The quantitative estimate of drug-likeness (QED) is 0.492.